The van der Waals surface area contributed by atoms with Crippen molar-refractivity contribution in [1.82, 2.24) is 4.98 Å². The minimum atomic E-state index is 0.730. The molecule has 14 heavy (non-hydrogen) atoms. The second-order valence-corrected chi connectivity index (χ2v) is 3.89. The van der Waals surface area contributed by atoms with Gasteiger partial charge >= 0.3 is 0 Å². The third-order valence-electron chi connectivity index (χ3n) is 2.71. The first kappa shape index (κ1) is 9.27. The molecule has 4 nitrogen and oxygen atoms in total. The molecule has 76 valence electrons. The van der Waals surface area contributed by atoms with Gasteiger partial charge in [-0.2, -0.15) is 0 Å². The minimum absolute atomic E-state index is 0.730. The maximum Gasteiger partial charge on any atom is 0.129 e. The van der Waals surface area contributed by atoms with Crippen LogP contribution in [0, 0.1) is 0 Å². The van der Waals surface area contributed by atoms with Gasteiger partial charge in [0.2, 0.25) is 0 Å². The van der Waals surface area contributed by atoms with Crippen molar-refractivity contribution in [3.63, 3.8) is 0 Å². The second kappa shape index (κ2) is 3.84. The Kier molecular flexibility index (Phi) is 2.54. The fourth-order valence-electron chi connectivity index (χ4n) is 1.70. The number of hydrogen-bond acceptors (Lipinski definition) is 3. The highest BCUT2D eigenvalue weighted by atomic mass is 15.3. The first-order valence-electron chi connectivity index (χ1n) is 5.03. The molecule has 0 unspecified atom stereocenters. The number of nitrogens with zero attached hydrogens (tertiary/aromatic N) is 2. The smallest absolute Gasteiger partial charge is 0.129 e. The van der Waals surface area contributed by atoms with E-state index in [4.69, 9.17) is 5.73 Å². The molecule has 1 aliphatic heterocycles. The highest BCUT2D eigenvalue weighted by Crippen LogP contribution is 2.11. The van der Waals surface area contributed by atoms with E-state index in [1.807, 2.05) is 12.1 Å². The number of rotatable bonds is 1. The number of likely N-dealkylation sites (N-methyl/N-ethyl adjacent to an activating group) is 1. The van der Waals surface area contributed by atoms with Crippen molar-refractivity contribution in [3.05, 3.63) is 18.3 Å². The predicted octanol–water partition coefficient (Wildman–Crippen LogP) is -1.00. The molecule has 2 heterocycles. The molecule has 0 atom stereocenters. The first-order valence-corrected chi connectivity index (χ1v) is 5.03. The van der Waals surface area contributed by atoms with Crippen LogP contribution in [-0.2, 0) is 0 Å². The number of nitrogens with two attached hydrogens (primary N) is 1. The molecule has 1 aromatic heterocycles. The summed E-state index contributed by atoms with van der Waals surface area (Å²) in [5.74, 6) is 1.05. The minimum Gasteiger partial charge on any atom is -0.397 e. The lowest BCUT2D eigenvalue weighted by molar-refractivity contribution is -0.880. The first-order chi connectivity index (χ1) is 6.75. The number of nitrogens with one attached hydrogen (secondary N) is 1. The average Bonchev–Trinajstić information content (AvgIpc) is 2.21. The lowest BCUT2D eigenvalue weighted by atomic mass is 10.3. The van der Waals surface area contributed by atoms with Crippen molar-refractivity contribution in [1.29, 1.82) is 0 Å². The van der Waals surface area contributed by atoms with E-state index >= 15 is 0 Å². The van der Waals surface area contributed by atoms with Crippen LogP contribution in [0.2, 0.25) is 0 Å². The average molecular weight is 193 g/mol. The quantitative estimate of drug-likeness (QED) is 0.601. The van der Waals surface area contributed by atoms with Crippen LogP contribution in [0.4, 0.5) is 11.5 Å². The Morgan fingerprint density at radius 3 is 2.64 bits per heavy atom. The maximum atomic E-state index is 5.59. The van der Waals surface area contributed by atoms with Gasteiger partial charge < -0.3 is 15.5 Å². The molecule has 0 saturated carbocycles. The van der Waals surface area contributed by atoms with E-state index < -0.39 is 0 Å². The molecule has 0 aromatic carbocycles. The fraction of sp³-hybridized carbons (Fsp3) is 0.500. The Labute approximate surface area is 84.3 Å². The van der Waals surface area contributed by atoms with Crippen LogP contribution in [0.25, 0.3) is 0 Å². The van der Waals surface area contributed by atoms with Crippen molar-refractivity contribution in [2.45, 2.75) is 0 Å². The van der Waals surface area contributed by atoms with Crippen molar-refractivity contribution in [3.8, 4) is 0 Å². The molecule has 4 heteroatoms. The molecule has 0 radical (unpaired) electrons. The molecule has 0 spiro atoms. The van der Waals surface area contributed by atoms with Crippen LogP contribution in [0.1, 0.15) is 0 Å². The number of quaternary nitrogens is 1. The summed E-state index contributed by atoms with van der Waals surface area (Å²) >= 11 is 0. The van der Waals surface area contributed by atoms with Crippen molar-refractivity contribution >= 4 is 11.5 Å². The highest BCUT2D eigenvalue weighted by molar-refractivity contribution is 5.45. The standard InChI is InChI=1S/C10H16N4/c1-13-4-6-14(7-5-13)10-3-2-9(11)8-12-10/h2-3,8H,4-7,11H2,1H3/p+1. The third-order valence-corrected chi connectivity index (χ3v) is 2.71. The summed E-state index contributed by atoms with van der Waals surface area (Å²) in [6.45, 7) is 4.55. The molecule has 0 bridgehead atoms. The number of nitrogen functional groups attached to an aromatic ring is 1. The molecule has 1 aliphatic rings. The van der Waals surface area contributed by atoms with Crippen LogP contribution in [0.3, 0.4) is 0 Å². The van der Waals surface area contributed by atoms with Gasteiger partial charge in [0, 0.05) is 0 Å². The molecular weight excluding hydrogens is 176 g/mol. The van der Waals surface area contributed by atoms with E-state index in [2.05, 4.69) is 16.9 Å². The fourth-order valence-corrected chi connectivity index (χ4v) is 1.70. The number of piperazine rings is 1. The van der Waals surface area contributed by atoms with Crippen LogP contribution in [0.5, 0.6) is 0 Å². The maximum absolute atomic E-state index is 5.59. The SMILES string of the molecule is C[NH+]1CCN(c2ccc(N)cn2)CC1. The van der Waals surface area contributed by atoms with Crippen LogP contribution >= 0.6 is 0 Å². The zero-order chi connectivity index (χ0) is 9.97. The Morgan fingerprint density at radius 1 is 1.36 bits per heavy atom. The van der Waals surface area contributed by atoms with Gasteiger partial charge in [-0.15, -0.1) is 0 Å². The molecule has 2 rings (SSSR count). The van der Waals surface area contributed by atoms with E-state index in [-0.39, 0.29) is 0 Å². The zero-order valence-electron chi connectivity index (χ0n) is 8.53. The summed E-state index contributed by atoms with van der Waals surface area (Å²) in [5, 5.41) is 0. The highest BCUT2D eigenvalue weighted by Gasteiger charge is 2.17. The monoisotopic (exact) mass is 193 g/mol. The zero-order valence-corrected chi connectivity index (χ0v) is 8.53. The van der Waals surface area contributed by atoms with Gasteiger partial charge in [0.25, 0.3) is 0 Å². The Morgan fingerprint density at radius 2 is 2.07 bits per heavy atom. The number of aromatic nitrogens is 1. The van der Waals surface area contributed by atoms with Crippen LogP contribution in [-0.4, -0.2) is 38.2 Å². The number of anilines is 2. The summed E-state index contributed by atoms with van der Waals surface area (Å²) in [6.07, 6.45) is 1.72. The van der Waals surface area contributed by atoms with Gasteiger partial charge in [-0.05, 0) is 12.1 Å². The van der Waals surface area contributed by atoms with E-state index in [9.17, 15) is 0 Å². The van der Waals surface area contributed by atoms with Crippen molar-refractivity contribution < 1.29 is 4.90 Å². The summed E-state index contributed by atoms with van der Waals surface area (Å²) in [6, 6.07) is 3.91. The second-order valence-electron chi connectivity index (χ2n) is 3.89. The van der Waals surface area contributed by atoms with Gasteiger partial charge in [-0.1, -0.05) is 0 Å². The molecule has 1 saturated heterocycles. The predicted molar refractivity (Wildman–Crippen MR) is 57.5 cm³/mol. The molecule has 0 aliphatic carbocycles. The van der Waals surface area contributed by atoms with Crippen LogP contribution < -0.4 is 15.5 Å². The summed E-state index contributed by atoms with van der Waals surface area (Å²) < 4.78 is 0. The molecular formula is C10H17N4+. The van der Waals surface area contributed by atoms with Crippen molar-refractivity contribution in [2.75, 3.05) is 43.9 Å². The van der Waals surface area contributed by atoms with Gasteiger partial charge in [0.05, 0.1) is 45.1 Å². The third kappa shape index (κ3) is 1.96. The molecule has 1 fully saturated rings. The summed E-state index contributed by atoms with van der Waals surface area (Å²) in [5.41, 5.74) is 6.32. The Bertz CT molecular complexity index is 287. The van der Waals surface area contributed by atoms with E-state index in [1.165, 1.54) is 13.1 Å². The normalized spacial score (nSPS) is 18.5. The van der Waals surface area contributed by atoms with E-state index in [0.717, 1.165) is 24.6 Å². The largest absolute Gasteiger partial charge is 0.397 e. The number of pyridine rings is 1. The van der Waals surface area contributed by atoms with Gasteiger partial charge in [0.1, 0.15) is 5.82 Å². The van der Waals surface area contributed by atoms with E-state index in [0.29, 0.717) is 0 Å². The molecule has 3 N–H and O–H groups in total. The lowest BCUT2D eigenvalue weighted by Crippen LogP contribution is -3.12. The van der Waals surface area contributed by atoms with Gasteiger partial charge in [-0.3, -0.25) is 0 Å². The number of hydrogen-bond donors (Lipinski definition) is 2. The van der Waals surface area contributed by atoms with E-state index in [1.54, 1.807) is 11.1 Å². The van der Waals surface area contributed by atoms with Gasteiger partial charge in [0.15, 0.2) is 0 Å². The summed E-state index contributed by atoms with van der Waals surface area (Å²) in [4.78, 5) is 8.22. The Balaban J connectivity index is 2.05. The lowest BCUT2D eigenvalue weighted by Gasteiger charge is -2.30. The Hall–Kier alpha value is -1.29. The van der Waals surface area contributed by atoms with Crippen LogP contribution in [0.15, 0.2) is 18.3 Å². The molecule has 0 amide bonds. The summed E-state index contributed by atoms with van der Waals surface area (Å²) in [7, 11) is 2.23. The topological polar surface area (TPSA) is 46.6 Å². The van der Waals surface area contributed by atoms with Gasteiger partial charge in [-0.25, -0.2) is 4.98 Å². The van der Waals surface area contributed by atoms with Crippen molar-refractivity contribution in [2.24, 2.45) is 0 Å². The molecule has 1 aromatic rings.